The van der Waals surface area contributed by atoms with Crippen LogP contribution >= 0.6 is 0 Å². The average molecular weight is 287 g/mol. The number of aromatic carboxylic acids is 2. The molecule has 3 rings (SSSR count). The number of benzene rings is 1. The van der Waals surface area contributed by atoms with Crippen LogP contribution in [-0.2, 0) is 6.54 Å². The molecule has 1 aromatic heterocycles. The molecule has 1 fully saturated rings. The van der Waals surface area contributed by atoms with Crippen molar-refractivity contribution < 1.29 is 19.8 Å². The quantitative estimate of drug-likeness (QED) is 0.865. The van der Waals surface area contributed by atoms with E-state index in [1.165, 1.54) is 6.07 Å². The first-order valence-corrected chi connectivity index (χ1v) is 6.55. The van der Waals surface area contributed by atoms with Crippen molar-refractivity contribution in [2.75, 3.05) is 0 Å². The second-order valence-corrected chi connectivity index (χ2v) is 5.07. The van der Waals surface area contributed by atoms with Crippen LogP contribution in [-0.4, -0.2) is 37.1 Å². The molecule has 21 heavy (non-hydrogen) atoms. The molecular weight excluding hydrogens is 274 g/mol. The Kier molecular flexibility index (Phi) is 3.17. The van der Waals surface area contributed by atoms with Crippen LogP contribution < -0.4 is 0 Å². The van der Waals surface area contributed by atoms with Gasteiger partial charge in [-0.15, -0.1) is 5.10 Å². The van der Waals surface area contributed by atoms with Gasteiger partial charge in [0.05, 0.1) is 17.8 Å². The minimum Gasteiger partial charge on any atom is -0.478 e. The molecular formula is C14H13N3O4. The van der Waals surface area contributed by atoms with E-state index in [4.69, 9.17) is 10.2 Å². The lowest BCUT2D eigenvalue weighted by molar-refractivity contribution is 0.0681. The number of hydrogen-bond donors (Lipinski definition) is 2. The Balaban J connectivity index is 1.93. The molecule has 2 aromatic rings. The largest absolute Gasteiger partial charge is 0.478 e. The highest BCUT2D eigenvalue weighted by atomic mass is 16.4. The summed E-state index contributed by atoms with van der Waals surface area (Å²) in [4.78, 5) is 22.1. The van der Waals surface area contributed by atoms with E-state index < -0.39 is 11.9 Å². The van der Waals surface area contributed by atoms with Crippen molar-refractivity contribution in [3.63, 3.8) is 0 Å². The van der Waals surface area contributed by atoms with Gasteiger partial charge in [0.25, 0.3) is 0 Å². The van der Waals surface area contributed by atoms with Gasteiger partial charge in [-0.3, -0.25) is 0 Å². The third-order valence-corrected chi connectivity index (χ3v) is 3.45. The van der Waals surface area contributed by atoms with Gasteiger partial charge >= 0.3 is 11.9 Å². The van der Waals surface area contributed by atoms with Gasteiger partial charge in [-0.25, -0.2) is 14.3 Å². The Hall–Kier alpha value is -2.70. The standard InChI is InChI=1S/C14H13N3O4/c18-13(19)10-3-1-2-8(6-10)7-17-12(9-4-5-9)11(14(20)21)15-16-17/h1-3,6,9H,4-5,7H2,(H,18,19)(H,20,21). The summed E-state index contributed by atoms with van der Waals surface area (Å²) >= 11 is 0. The first-order valence-electron chi connectivity index (χ1n) is 6.55. The van der Waals surface area contributed by atoms with E-state index in [-0.39, 0.29) is 17.2 Å². The van der Waals surface area contributed by atoms with Gasteiger partial charge in [-0.05, 0) is 30.5 Å². The predicted octanol–water partition coefficient (Wildman–Crippen LogP) is 1.60. The van der Waals surface area contributed by atoms with Crippen molar-refractivity contribution in [2.24, 2.45) is 0 Å². The molecule has 0 spiro atoms. The third-order valence-electron chi connectivity index (χ3n) is 3.45. The molecule has 0 aliphatic heterocycles. The van der Waals surface area contributed by atoms with Gasteiger partial charge in [0, 0.05) is 5.92 Å². The van der Waals surface area contributed by atoms with Gasteiger partial charge in [-0.1, -0.05) is 17.3 Å². The zero-order valence-corrected chi connectivity index (χ0v) is 11.1. The topological polar surface area (TPSA) is 105 Å². The Bertz CT molecular complexity index is 719. The highest BCUT2D eigenvalue weighted by molar-refractivity contribution is 5.88. The molecule has 1 heterocycles. The molecule has 1 saturated carbocycles. The maximum absolute atomic E-state index is 11.2. The van der Waals surface area contributed by atoms with Crippen LogP contribution in [0.5, 0.6) is 0 Å². The maximum atomic E-state index is 11.2. The first-order chi connectivity index (χ1) is 10.1. The van der Waals surface area contributed by atoms with E-state index in [0.29, 0.717) is 12.2 Å². The van der Waals surface area contributed by atoms with Crippen LogP contribution in [0.15, 0.2) is 24.3 Å². The minimum absolute atomic E-state index is 0.00751. The zero-order valence-electron chi connectivity index (χ0n) is 11.1. The highest BCUT2D eigenvalue weighted by Gasteiger charge is 2.33. The Morgan fingerprint density at radius 2 is 2.00 bits per heavy atom. The lowest BCUT2D eigenvalue weighted by atomic mass is 10.1. The fraction of sp³-hybridized carbons (Fsp3) is 0.286. The zero-order chi connectivity index (χ0) is 15.0. The molecule has 108 valence electrons. The first kappa shape index (κ1) is 13.3. The van der Waals surface area contributed by atoms with E-state index in [1.807, 2.05) is 0 Å². The summed E-state index contributed by atoms with van der Waals surface area (Å²) in [7, 11) is 0. The fourth-order valence-corrected chi connectivity index (χ4v) is 2.33. The number of rotatable bonds is 5. The molecule has 1 aliphatic rings. The summed E-state index contributed by atoms with van der Waals surface area (Å²) in [6, 6.07) is 6.51. The predicted molar refractivity (Wildman–Crippen MR) is 71.5 cm³/mol. The van der Waals surface area contributed by atoms with Crippen LogP contribution in [0.4, 0.5) is 0 Å². The average Bonchev–Trinajstić information content (AvgIpc) is 3.20. The minimum atomic E-state index is -1.08. The van der Waals surface area contributed by atoms with Crippen molar-refractivity contribution in [3.8, 4) is 0 Å². The van der Waals surface area contributed by atoms with Crippen molar-refractivity contribution in [3.05, 3.63) is 46.8 Å². The van der Waals surface area contributed by atoms with Gasteiger partial charge in [0.15, 0.2) is 5.69 Å². The van der Waals surface area contributed by atoms with Crippen molar-refractivity contribution in [1.29, 1.82) is 0 Å². The van der Waals surface area contributed by atoms with Crippen molar-refractivity contribution in [1.82, 2.24) is 15.0 Å². The maximum Gasteiger partial charge on any atom is 0.358 e. The van der Waals surface area contributed by atoms with Gasteiger partial charge in [0.1, 0.15) is 0 Å². The number of carboxylic acid groups (broad SMARTS) is 2. The fourth-order valence-electron chi connectivity index (χ4n) is 2.33. The van der Waals surface area contributed by atoms with Gasteiger partial charge in [-0.2, -0.15) is 0 Å². The lowest BCUT2D eigenvalue weighted by Gasteiger charge is -2.07. The lowest BCUT2D eigenvalue weighted by Crippen LogP contribution is -2.09. The van der Waals surface area contributed by atoms with E-state index in [9.17, 15) is 9.59 Å². The number of hydrogen-bond acceptors (Lipinski definition) is 4. The number of carboxylic acids is 2. The number of carbonyl (C=O) groups is 2. The number of nitrogens with zero attached hydrogens (tertiary/aromatic N) is 3. The SMILES string of the molecule is O=C(O)c1cccc(Cn2nnc(C(=O)O)c2C2CC2)c1. The van der Waals surface area contributed by atoms with E-state index >= 15 is 0 Å². The normalized spacial score (nSPS) is 14.1. The summed E-state index contributed by atoms with van der Waals surface area (Å²) in [6.07, 6.45) is 1.87. The van der Waals surface area contributed by atoms with Crippen LogP contribution in [0.2, 0.25) is 0 Å². The Morgan fingerprint density at radius 1 is 1.24 bits per heavy atom. The molecule has 0 saturated heterocycles. The summed E-state index contributed by atoms with van der Waals surface area (Å²) in [5, 5.41) is 25.8. The van der Waals surface area contributed by atoms with E-state index in [2.05, 4.69) is 10.3 Å². The summed E-state index contributed by atoms with van der Waals surface area (Å²) in [5.41, 5.74) is 1.56. The summed E-state index contributed by atoms with van der Waals surface area (Å²) in [6.45, 7) is 0.313. The number of aromatic nitrogens is 3. The molecule has 0 unspecified atom stereocenters. The Labute approximate surface area is 119 Å². The Morgan fingerprint density at radius 3 is 2.62 bits per heavy atom. The molecule has 0 amide bonds. The van der Waals surface area contributed by atoms with Crippen LogP contribution in [0.3, 0.4) is 0 Å². The molecule has 1 aromatic carbocycles. The second kappa shape index (κ2) is 5.01. The molecule has 2 N–H and O–H groups in total. The molecule has 0 atom stereocenters. The van der Waals surface area contributed by atoms with Crippen molar-refractivity contribution >= 4 is 11.9 Å². The smallest absolute Gasteiger partial charge is 0.358 e. The molecule has 0 radical (unpaired) electrons. The van der Waals surface area contributed by atoms with Crippen molar-refractivity contribution in [2.45, 2.75) is 25.3 Å². The summed E-state index contributed by atoms with van der Waals surface area (Å²) < 4.78 is 1.56. The van der Waals surface area contributed by atoms with Crippen LogP contribution in [0.1, 0.15) is 50.9 Å². The summed E-state index contributed by atoms with van der Waals surface area (Å²) in [5.74, 6) is -1.89. The molecule has 7 nitrogen and oxygen atoms in total. The highest BCUT2D eigenvalue weighted by Crippen LogP contribution is 2.41. The molecule has 7 heteroatoms. The monoisotopic (exact) mass is 287 g/mol. The second-order valence-electron chi connectivity index (χ2n) is 5.07. The van der Waals surface area contributed by atoms with E-state index in [1.54, 1.807) is 22.9 Å². The van der Waals surface area contributed by atoms with Crippen LogP contribution in [0.25, 0.3) is 0 Å². The molecule has 1 aliphatic carbocycles. The van der Waals surface area contributed by atoms with Crippen LogP contribution in [0, 0.1) is 0 Å². The van der Waals surface area contributed by atoms with Gasteiger partial charge < -0.3 is 10.2 Å². The van der Waals surface area contributed by atoms with E-state index in [0.717, 1.165) is 18.4 Å². The van der Waals surface area contributed by atoms with Gasteiger partial charge in [0.2, 0.25) is 0 Å². The molecule has 0 bridgehead atoms. The third kappa shape index (κ3) is 2.62.